The lowest BCUT2D eigenvalue weighted by molar-refractivity contribution is 0.0492. The van der Waals surface area contributed by atoms with Gasteiger partial charge in [-0.3, -0.25) is 0 Å². The smallest absolute Gasteiger partial charge is 0.407 e. The van der Waals surface area contributed by atoms with Gasteiger partial charge in [0.05, 0.1) is 5.39 Å². The van der Waals surface area contributed by atoms with E-state index in [2.05, 4.69) is 27.5 Å². The zero-order valence-corrected chi connectivity index (χ0v) is 19.4. The number of aryl methyl sites for hydroxylation is 1. The fourth-order valence-corrected chi connectivity index (χ4v) is 5.99. The molecule has 4 rings (SSSR count). The number of ether oxygens (including phenoxy) is 1. The van der Waals surface area contributed by atoms with E-state index in [4.69, 9.17) is 4.74 Å². The van der Waals surface area contributed by atoms with Gasteiger partial charge >= 0.3 is 6.09 Å². The number of nitrogens with one attached hydrogen (secondary N) is 2. The molecule has 1 atom stereocenters. The van der Waals surface area contributed by atoms with Gasteiger partial charge in [-0.25, -0.2) is 14.8 Å². The van der Waals surface area contributed by atoms with Gasteiger partial charge in [0.1, 0.15) is 22.6 Å². The van der Waals surface area contributed by atoms with Crippen LogP contribution in [0.1, 0.15) is 76.7 Å². The Morgan fingerprint density at radius 2 is 1.90 bits per heavy atom. The fourth-order valence-electron chi connectivity index (χ4n) is 4.69. The van der Waals surface area contributed by atoms with Crippen molar-refractivity contribution in [2.45, 2.75) is 96.7 Å². The van der Waals surface area contributed by atoms with Crippen molar-refractivity contribution in [3.05, 3.63) is 16.8 Å². The predicted molar refractivity (Wildman–Crippen MR) is 122 cm³/mol. The largest absolute Gasteiger partial charge is 0.444 e. The third kappa shape index (κ3) is 4.88. The molecule has 2 aliphatic carbocycles. The molecule has 7 heteroatoms. The summed E-state index contributed by atoms with van der Waals surface area (Å²) in [5.41, 5.74) is 1.01. The number of thiophene rings is 1. The summed E-state index contributed by atoms with van der Waals surface area (Å²) in [5.74, 6) is 1.80. The second-order valence-corrected chi connectivity index (χ2v) is 10.8. The maximum Gasteiger partial charge on any atom is 0.407 e. The summed E-state index contributed by atoms with van der Waals surface area (Å²) >= 11 is 1.85. The number of alkyl carbamates (subject to hydrolysis) is 1. The minimum atomic E-state index is -0.460. The minimum absolute atomic E-state index is 0.184. The first-order chi connectivity index (χ1) is 14.3. The van der Waals surface area contributed by atoms with E-state index in [1.54, 1.807) is 6.33 Å². The standard InChI is InChI=1S/C23H34N4O2S/c1-5-14-6-11-17-18(12-14)30-21-19(17)20(24-13-25-21)26-15-7-9-16(10-8-15)27-22(28)29-23(2,3)4/h13-16H,5-12H2,1-4H3,(H,27,28)(H,24,25,26)/t14?,15-,16-. The average Bonchev–Trinajstić information content (AvgIpc) is 3.06. The number of hydrogen-bond donors (Lipinski definition) is 2. The molecule has 2 aliphatic rings. The highest BCUT2D eigenvalue weighted by Gasteiger charge is 2.27. The summed E-state index contributed by atoms with van der Waals surface area (Å²) in [6.07, 6.45) is 10.2. The molecule has 1 amide bonds. The van der Waals surface area contributed by atoms with Crippen molar-refractivity contribution in [2.75, 3.05) is 5.32 Å². The Balaban J connectivity index is 1.39. The summed E-state index contributed by atoms with van der Waals surface area (Å²) in [5, 5.41) is 7.98. The summed E-state index contributed by atoms with van der Waals surface area (Å²) in [6.45, 7) is 7.97. The molecule has 1 unspecified atom stereocenters. The minimum Gasteiger partial charge on any atom is -0.444 e. The second kappa shape index (κ2) is 8.69. The number of anilines is 1. The zero-order valence-electron chi connectivity index (χ0n) is 18.6. The summed E-state index contributed by atoms with van der Waals surface area (Å²) in [7, 11) is 0. The maximum atomic E-state index is 12.0. The van der Waals surface area contributed by atoms with E-state index in [1.165, 1.54) is 35.1 Å². The predicted octanol–water partition coefficient (Wildman–Crippen LogP) is 5.45. The fraction of sp³-hybridized carbons (Fsp3) is 0.696. The molecule has 164 valence electrons. The highest BCUT2D eigenvalue weighted by molar-refractivity contribution is 7.19. The van der Waals surface area contributed by atoms with Crippen molar-refractivity contribution in [1.29, 1.82) is 0 Å². The first kappa shape index (κ1) is 21.3. The Kier molecular flexibility index (Phi) is 6.19. The molecule has 1 saturated carbocycles. The lowest BCUT2D eigenvalue weighted by atomic mass is 9.86. The lowest BCUT2D eigenvalue weighted by Gasteiger charge is -2.31. The summed E-state index contributed by atoms with van der Waals surface area (Å²) in [4.78, 5) is 23.9. The van der Waals surface area contributed by atoms with Crippen molar-refractivity contribution in [1.82, 2.24) is 15.3 Å². The molecule has 30 heavy (non-hydrogen) atoms. The van der Waals surface area contributed by atoms with Crippen LogP contribution in [0.2, 0.25) is 0 Å². The number of aromatic nitrogens is 2. The SMILES string of the molecule is CCC1CCc2c(sc3ncnc(N[C@H]4CC[C@H](NC(=O)OC(C)(C)C)CC4)c23)C1. The van der Waals surface area contributed by atoms with Crippen molar-refractivity contribution in [3.63, 3.8) is 0 Å². The Hall–Kier alpha value is -1.89. The van der Waals surface area contributed by atoms with Gasteiger partial charge in [0.25, 0.3) is 0 Å². The van der Waals surface area contributed by atoms with Crippen LogP contribution in [-0.4, -0.2) is 33.7 Å². The molecule has 0 aliphatic heterocycles. The highest BCUT2D eigenvalue weighted by Crippen LogP contribution is 2.40. The molecule has 6 nitrogen and oxygen atoms in total. The van der Waals surface area contributed by atoms with Gasteiger partial charge in [-0.15, -0.1) is 11.3 Å². The highest BCUT2D eigenvalue weighted by atomic mass is 32.1. The van der Waals surface area contributed by atoms with Crippen LogP contribution in [0.4, 0.5) is 10.6 Å². The monoisotopic (exact) mass is 430 g/mol. The van der Waals surface area contributed by atoms with Crippen LogP contribution in [0.5, 0.6) is 0 Å². The van der Waals surface area contributed by atoms with E-state index >= 15 is 0 Å². The number of amides is 1. The Labute approximate surface area is 183 Å². The molecular weight excluding hydrogens is 396 g/mol. The van der Waals surface area contributed by atoms with Crippen molar-refractivity contribution in [2.24, 2.45) is 5.92 Å². The quantitative estimate of drug-likeness (QED) is 0.674. The Morgan fingerprint density at radius 1 is 1.17 bits per heavy atom. The van der Waals surface area contributed by atoms with Gasteiger partial charge in [0, 0.05) is 17.0 Å². The van der Waals surface area contributed by atoms with E-state index in [-0.39, 0.29) is 12.1 Å². The van der Waals surface area contributed by atoms with Crippen LogP contribution < -0.4 is 10.6 Å². The topological polar surface area (TPSA) is 76.1 Å². The average molecular weight is 431 g/mol. The van der Waals surface area contributed by atoms with E-state index < -0.39 is 5.60 Å². The van der Waals surface area contributed by atoms with Crippen molar-refractivity contribution >= 4 is 33.5 Å². The van der Waals surface area contributed by atoms with Crippen molar-refractivity contribution < 1.29 is 9.53 Å². The number of nitrogens with zero attached hydrogens (tertiary/aromatic N) is 2. The van der Waals surface area contributed by atoms with Crippen LogP contribution in [0.3, 0.4) is 0 Å². The molecule has 0 saturated heterocycles. The van der Waals surface area contributed by atoms with Gasteiger partial charge in [-0.05, 0) is 77.2 Å². The normalized spacial score (nSPS) is 24.3. The molecule has 2 aromatic heterocycles. The molecule has 1 fully saturated rings. The van der Waals surface area contributed by atoms with Crippen molar-refractivity contribution in [3.8, 4) is 0 Å². The number of rotatable bonds is 4. The molecule has 2 N–H and O–H groups in total. The summed E-state index contributed by atoms with van der Waals surface area (Å²) in [6, 6.07) is 0.561. The maximum absolute atomic E-state index is 12.0. The number of hydrogen-bond acceptors (Lipinski definition) is 6. The van der Waals surface area contributed by atoms with Crippen LogP contribution in [-0.2, 0) is 17.6 Å². The van der Waals surface area contributed by atoms with E-state index in [0.717, 1.165) is 48.7 Å². The number of fused-ring (bicyclic) bond motifs is 3. The van der Waals surface area contributed by atoms with E-state index in [9.17, 15) is 4.79 Å². The van der Waals surface area contributed by atoms with Gasteiger partial charge in [-0.2, -0.15) is 0 Å². The number of carbonyl (C=O) groups excluding carboxylic acids is 1. The molecule has 2 aromatic rings. The molecule has 2 heterocycles. The molecule has 0 bridgehead atoms. The van der Waals surface area contributed by atoms with Gasteiger partial charge in [0.15, 0.2) is 0 Å². The van der Waals surface area contributed by atoms with E-state index in [0.29, 0.717) is 6.04 Å². The second-order valence-electron chi connectivity index (χ2n) is 9.76. The van der Waals surface area contributed by atoms with Crippen LogP contribution in [0, 0.1) is 5.92 Å². The lowest BCUT2D eigenvalue weighted by Crippen LogP contribution is -2.42. The Bertz CT molecular complexity index is 896. The first-order valence-electron chi connectivity index (χ1n) is 11.3. The zero-order chi connectivity index (χ0) is 21.3. The molecule has 0 spiro atoms. The summed E-state index contributed by atoms with van der Waals surface area (Å²) < 4.78 is 5.39. The first-order valence-corrected chi connectivity index (χ1v) is 12.2. The van der Waals surface area contributed by atoms with Crippen LogP contribution in [0.15, 0.2) is 6.33 Å². The molecule has 0 radical (unpaired) electrons. The third-order valence-electron chi connectivity index (χ3n) is 6.31. The van der Waals surface area contributed by atoms with Crippen LogP contribution in [0.25, 0.3) is 10.2 Å². The van der Waals surface area contributed by atoms with E-state index in [1.807, 2.05) is 32.1 Å². The van der Waals surface area contributed by atoms with Gasteiger partial charge in [0.2, 0.25) is 0 Å². The molecule has 0 aromatic carbocycles. The van der Waals surface area contributed by atoms with Gasteiger partial charge in [-0.1, -0.05) is 13.3 Å². The molecular formula is C23H34N4O2S. The Morgan fingerprint density at radius 3 is 2.60 bits per heavy atom. The van der Waals surface area contributed by atoms with Crippen LogP contribution >= 0.6 is 11.3 Å². The third-order valence-corrected chi connectivity index (χ3v) is 7.48. The van der Waals surface area contributed by atoms with Gasteiger partial charge < -0.3 is 15.4 Å². The number of carbonyl (C=O) groups is 1.